The zero-order chi connectivity index (χ0) is 8.43. The van der Waals surface area contributed by atoms with Crippen LogP contribution in [0.25, 0.3) is 0 Å². The Morgan fingerprint density at radius 1 is 1.64 bits per heavy atom. The molecule has 4 heteroatoms. The van der Waals surface area contributed by atoms with Gasteiger partial charge in [0.25, 0.3) is 5.91 Å². The zero-order valence-electron chi connectivity index (χ0n) is 6.16. The number of rotatable bonds is 1. The Morgan fingerprint density at radius 2 is 2.27 bits per heavy atom. The molecule has 0 aliphatic rings. The Balaban J connectivity index is 3.15. The molecule has 1 aromatic rings. The number of anilines is 1. The Kier molecular flexibility index (Phi) is 1.76. The van der Waals surface area contributed by atoms with Crippen molar-refractivity contribution in [1.82, 2.24) is 4.98 Å². The second kappa shape index (κ2) is 2.57. The van der Waals surface area contributed by atoms with Gasteiger partial charge in [-0.25, -0.2) is 4.98 Å². The number of carbonyl (C=O) groups excluding carboxylic acids is 1. The van der Waals surface area contributed by atoms with E-state index in [2.05, 4.69) is 4.98 Å². The molecule has 0 aromatic carbocycles. The molecule has 0 aliphatic heterocycles. The average Bonchev–Trinajstić information content (AvgIpc) is 1.94. The second-order valence-electron chi connectivity index (χ2n) is 2.29. The summed E-state index contributed by atoms with van der Waals surface area (Å²) in [4.78, 5) is 14.3. The van der Waals surface area contributed by atoms with Crippen molar-refractivity contribution in [1.29, 1.82) is 0 Å². The summed E-state index contributed by atoms with van der Waals surface area (Å²) in [6.07, 6.45) is 1.43. The van der Waals surface area contributed by atoms with E-state index >= 15 is 0 Å². The van der Waals surface area contributed by atoms with Crippen molar-refractivity contribution >= 4 is 11.6 Å². The second-order valence-corrected chi connectivity index (χ2v) is 2.29. The van der Waals surface area contributed by atoms with Crippen LogP contribution in [0.1, 0.15) is 16.1 Å². The first-order valence-electron chi connectivity index (χ1n) is 3.13. The van der Waals surface area contributed by atoms with E-state index < -0.39 is 5.91 Å². The van der Waals surface area contributed by atoms with Crippen LogP contribution >= 0.6 is 0 Å². The molecular weight excluding hydrogens is 142 g/mol. The van der Waals surface area contributed by atoms with E-state index in [1.165, 1.54) is 6.20 Å². The highest BCUT2D eigenvalue weighted by Crippen LogP contribution is 2.08. The first-order chi connectivity index (χ1) is 5.11. The summed E-state index contributed by atoms with van der Waals surface area (Å²) in [7, 11) is 0. The van der Waals surface area contributed by atoms with Crippen LogP contribution in [-0.4, -0.2) is 10.9 Å². The van der Waals surface area contributed by atoms with Crippen molar-refractivity contribution in [3.05, 3.63) is 23.5 Å². The van der Waals surface area contributed by atoms with E-state index in [1.54, 1.807) is 13.0 Å². The topological polar surface area (TPSA) is 82.0 Å². The molecule has 0 saturated heterocycles. The highest BCUT2D eigenvalue weighted by atomic mass is 16.1. The van der Waals surface area contributed by atoms with Gasteiger partial charge in [-0.05, 0) is 18.6 Å². The molecule has 1 rings (SSSR count). The molecule has 0 aliphatic carbocycles. The zero-order valence-corrected chi connectivity index (χ0v) is 6.16. The van der Waals surface area contributed by atoms with Crippen molar-refractivity contribution in [3.63, 3.8) is 0 Å². The van der Waals surface area contributed by atoms with E-state index in [-0.39, 0.29) is 5.69 Å². The van der Waals surface area contributed by atoms with Gasteiger partial charge in [0.1, 0.15) is 5.69 Å². The lowest BCUT2D eigenvalue weighted by atomic mass is 10.2. The maximum atomic E-state index is 10.6. The smallest absolute Gasteiger partial charge is 0.267 e. The van der Waals surface area contributed by atoms with Crippen LogP contribution in [0, 0.1) is 6.92 Å². The fraction of sp³-hybridized carbons (Fsp3) is 0.143. The number of nitrogens with zero attached hydrogens (tertiary/aromatic N) is 1. The molecule has 0 spiro atoms. The number of hydrogen-bond acceptors (Lipinski definition) is 3. The first-order valence-corrected chi connectivity index (χ1v) is 3.13. The summed E-state index contributed by atoms with van der Waals surface area (Å²) >= 11 is 0. The van der Waals surface area contributed by atoms with Crippen molar-refractivity contribution in [3.8, 4) is 0 Å². The standard InChI is InChI=1S/C7H9N3O/c1-4-2-6(7(9)11)10-3-5(4)8/h2-3H,8H2,1H3,(H2,9,11). The van der Waals surface area contributed by atoms with Crippen molar-refractivity contribution in [2.24, 2.45) is 5.73 Å². The predicted molar refractivity (Wildman–Crippen MR) is 41.9 cm³/mol. The lowest BCUT2D eigenvalue weighted by Gasteiger charge is -1.99. The Hall–Kier alpha value is -1.58. The number of hydrogen-bond donors (Lipinski definition) is 2. The normalized spacial score (nSPS) is 9.55. The molecular formula is C7H9N3O. The van der Waals surface area contributed by atoms with Gasteiger partial charge in [0, 0.05) is 0 Å². The van der Waals surface area contributed by atoms with E-state index in [1.807, 2.05) is 0 Å². The number of aromatic nitrogens is 1. The molecule has 1 amide bonds. The summed E-state index contributed by atoms with van der Waals surface area (Å²) in [5.74, 6) is -0.534. The summed E-state index contributed by atoms with van der Waals surface area (Å²) in [6, 6.07) is 1.57. The summed E-state index contributed by atoms with van der Waals surface area (Å²) in [5, 5.41) is 0. The number of amides is 1. The lowest BCUT2D eigenvalue weighted by Crippen LogP contribution is -2.13. The molecule has 11 heavy (non-hydrogen) atoms. The van der Waals surface area contributed by atoms with Gasteiger partial charge in [-0.3, -0.25) is 4.79 Å². The van der Waals surface area contributed by atoms with Gasteiger partial charge in [0.05, 0.1) is 11.9 Å². The lowest BCUT2D eigenvalue weighted by molar-refractivity contribution is 0.0995. The number of pyridine rings is 1. The number of carbonyl (C=O) groups is 1. The quantitative estimate of drug-likeness (QED) is 0.595. The summed E-state index contributed by atoms with van der Waals surface area (Å²) in [5.41, 5.74) is 12.1. The minimum atomic E-state index is -0.534. The molecule has 0 unspecified atom stereocenters. The third kappa shape index (κ3) is 1.46. The molecule has 58 valence electrons. The van der Waals surface area contributed by atoms with Gasteiger partial charge < -0.3 is 11.5 Å². The fourth-order valence-electron chi connectivity index (χ4n) is 0.701. The molecule has 4 N–H and O–H groups in total. The highest BCUT2D eigenvalue weighted by molar-refractivity contribution is 5.91. The Labute approximate surface area is 64.2 Å². The number of primary amides is 1. The average molecular weight is 151 g/mol. The van der Waals surface area contributed by atoms with Crippen LogP contribution in [0.3, 0.4) is 0 Å². The molecule has 0 fully saturated rings. The maximum absolute atomic E-state index is 10.6. The molecule has 1 aromatic heterocycles. The number of aryl methyl sites for hydroxylation is 1. The van der Waals surface area contributed by atoms with Gasteiger partial charge in [-0.15, -0.1) is 0 Å². The molecule has 0 bridgehead atoms. The third-order valence-electron chi connectivity index (χ3n) is 1.40. The van der Waals surface area contributed by atoms with Crippen LogP contribution in [0.4, 0.5) is 5.69 Å². The molecule has 0 saturated carbocycles. The summed E-state index contributed by atoms with van der Waals surface area (Å²) in [6.45, 7) is 1.80. The van der Waals surface area contributed by atoms with Gasteiger partial charge >= 0.3 is 0 Å². The van der Waals surface area contributed by atoms with Crippen LogP contribution < -0.4 is 11.5 Å². The largest absolute Gasteiger partial charge is 0.397 e. The van der Waals surface area contributed by atoms with Crippen molar-refractivity contribution < 1.29 is 4.79 Å². The Morgan fingerprint density at radius 3 is 2.73 bits per heavy atom. The number of nitrogens with two attached hydrogens (primary N) is 2. The molecule has 1 heterocycles. The van der Waals surface area contributed by atoms with Gasteiger partial charge in [0.15, 0.2) is 0 Å². The first kappa shape index (κ1) is 7.53. The summed E-state index contributed by atoms with van der Waals surface area (Å²) < 4.78 is 0. The van der Waals surface area contributed by atoms with Crippen LogP contribution in [0.15, 0.2) is 12.3 Å². The SMILES string of the molecule is Cc1cc(C(N)=O)ncc1N. The van der Waals surface area contributed by atoms with Gasteiger partial charge in [-0.2, -0.15) is 0 Å². The number of nitrogen functional groups attached to an aromatic ring is 1. The maximum Gasteiger partial charge on any atom is 0.267 e. The van der Waals surface area contributed by atoms with E-state index in [0.29, 0.717) is 5.69 Å². The highest BCUT2D eigenvalue weighted by Gasteiger charge is 2.02. The van der Waals surface area contributed by atoms with Gasteiger partial charge in [0.2, 0.25) is 0 Å². The van der Waals surface area contributed by atoms with Crippen molar-refractivity contribution in [2.45, 2.75) is 6.92 Å². The van der Waals surface area contributed by atoms with E-state index in [4.69, 9.17) is 11.5 Å². The molecule has 0 atom stereocenters. The van der Waals surface area contributed by atoms with E-state index in [9.17, 15) is 4.79 Å². The minimum absolute atomic E-state index is 0.247. The van der Waals surface area contributed by atoms with Gasteiger partial charge in [-0.1, -0.05) is 0 Å². The van der Waals surface area contributed by atoms with Crippen molar-refractivity contribution in [2.75, 3.05) is 5.73 Å². The Bertz CT molecular complexity index is 296. The van der Waals surface area contributed by atoms with Crippen LogP contribution in [0.2, 0.25) is 0 Å². The third-order valence-corrected chi connectivity index (χ3v) is 1.40. The predicted octanol–water partition coefficient (Wildman–Crippen LogP) is 0.0711. The molecule has 0 radical (unpaired) electrons. The monoisotopic (exact) mass is 151 g/mol. The molecule has 4 nitrogen and oxygen atoms in total. The van der Waals surface area contributed by atoms with E-state index in [0.717, 1.165) is 5.56 Å². The van der Waals surface area contributed by atoms with Crippen LogP contribution in [0.5, 0.6) is 0 Å². The minimum Gasteiger partial charge on any atom is -0.397 e. The fourth-order valence-corrected chi connectivity index (χ4v) is 0.701. The van der Waals surface area contributed by atoms with Crippen LogP contribution in [-0.2, 0) is 0 Å².